The Labute approximate surface area is 64.1 Å². The van der Waals surface area contributed by atoms with Gasteiger partial charge in [-0.15, -0.1) is 0 Å². The average Bonchev–Trinajstić information content (AvgIpc) is 1.90. The summed E-state index contributed by atoms with van der Waals surface area (Å²) in [5, 5.41) is 0. The zero-order chi connectivity index (χ0) is 5.82. The van der Waals surface area contributed by atoms with Crippen molar-refractivity contribution < 1.29 is 2.81 Å². The molecule has 0 amide bonds. The first-order valence-corrected chi connectivity index (χ1v) is 4.18. The van der Waals surface area contributed by atoms with Crippen LogP contribution >= 0.6 is 0 Å². The van der Waals surface area contributed by atoms with Crippen molar-refractivity contribution >= 4 is 25.2 Å². The van der Waals surface area contributed by atoms with Gasteiger partial charge >= 0.3 is 64.1 Å². The van der Waals surface area contributed by atoms with Gasteiger partial charge in [-0.25, -0.2) is 0 Å². The van der Waals surface area contributed by atoms with Gasteiger partial charge < -0.3 is 0 Å². The maximum absolute atomic E-state index is 5.08. The Morgan fingerprint density at radius 2 is 1.75 bits per heavy atom. The predicted octanol–water partition coefficient (Wildman–Crippen LogP) is 0.613. The van der Waals surface area contributed by atoms with Crippen molar-refractivity contribution in [2.75, 3.05) is 0 Å². The van der Waals surface area contributed by atoms with Crippen molar-refractivity contribution in [1.82, 2.24) is 0 Å². The van der Waals surface area contributed by atoms with E-state index in [1.54, 1.807) is 0 Å². The first kappa shape index (κ1) is 6.03. The van der Waals surface area contributed by atoms with Crippen LogP contribution in [0.5, 0.6) is 5.75 Å². The van der Waals surface area contributed by atoms with Gasteiger partial charge in [0.25, 0.3) is 0 Å². The van der Waals surface area contributed by atoms with Crippen LogP contribution in [-0.4, -0.2) is 25.2 Å². The molecule has 0 aliphatic heterocycles. The van der Waals surface area contributed by atoms with Crippen LogP contribution < -0.4 is 2.81 Å². The molecule has 0 saturated heterocycles. The maximum atomic E-state index is 5.08. The first-order valence-electron chi connectivity index (χ1n) is 2.35. The molecule has 0 N–H and O–H groups in total. The molecule has 0 fully saturated rings. The molecule has 0 aliphatic carbocycles. The van der Waals surface area contributed by atoms with Crippen molar-refractivity contribution in [3.05, 3.63) is 30.3 Å². The van der Waals surface area contributed by atoms with Crippen molar-refractivity contribution in [3.63, 3.8) is 0 Å². The molecule has 0 aliphatic rings. The Balaban J connectivity index is 2.83. The predicted molar refractivity (Wildman–Crippen MR) is 35.6 cm³/mol. The van der Waals surface area contributed by atoms with Gasteiger partial charge in [-0.2, -0.15) is 0 Å². The van der Waals surface area contributed by atoms with E-state index >= 15 is 0 Å². The molecule has 0 radical (unpaired) electrons. The Morgan fingerprint density at radius 1 is 1.12 bits per heavy atom. The normalized spacial score (nSPS) is 8.62. The first-order chi connectivity index (χ1) is 3.93. The van der Waals surface area contributed by atoms with E-state index in [9.17, 15) is 0 Å². The average molecular weight is 304 g/mol. The SMILES string of the molecule is [BiH2][O]c1ccccc1. The van der Waals surface area contributed by atoms with E-state index in [0.717, 1.165) is 5.75 Å². The molecule has 1 nitrogen and oxygen atoms in total. The van der Waals surface area contributed by atoms with Gasteiger partial charge in [0.2, 0.25) is 0 Å². The van der Waals surface area contributed by atoms with Crippen molar-refractivity contribution in [1.29, 1.82) is 0 Å². The van der Waals surface area contributed by atoms with Crippen molar-refractivity contribution in [2.24, 2.45) is 0 Å². The van der Waals surface area contributed by atoms with Crippen LogP contribution in [0.1, 0.15) is 0 Å². The second kappa shape index (κ2) is 3.03. The third-order valence-electron chi connectivity index (χ3n) is 0.879. The van der Waals surface area contributed by atoms with Gasteiger partial charge in [-0.3, -0.25) is 0 Å². The van der Waals surface area contributed by atoms with Gasteiger partial charge in [-0.1, -0.05) is 0 Å². The number of para-hydroxylation sites is 1. The van der Waals surface area contributed by atoms with Crippen LogP contribution in [0.2, 0.25) is 0 Å². The van der Waals surface area contributed by atoms with Gasteiger partial charge in [0.05, 0.1) is 0 Å². The molecule has 8 heavy (non-hydrogen) atoms. The molecule has 0 spiro atoms. The van der Waals surface area contributed by atoms with Gasteiger partial charge in [0, 0.05) is 0 Å². The van der Waals surface area contributed by atoms with E-state index in [4.69, 9.17) is 2.81 Å². The summed E-state index contributed by atoms with van der Waals surface area (Å²) in [6.45, 7) is 0. The summed E-state index contributed by atoms with van der Waals surface area (Å²) in [4.78, 5) is 0. The van der Waals surface area contributed by atoms with E-state index < -0.39 is 0 Å². The fourth-order valence-corrected chi connectivity index (χ4v) is 1.11. The summed E-state index contributed by atoms with van der Waals surface area (Å²) in [6.07, 6.45) is 0. The Bertz CT molecular complexity index is 150. The van der Waals surface area contributed by atoms with E-state index in [0.29, 0.717) is 25.2 Å². The summed E-state index contributed by atoms with van der Waals surface area (Å²) in [5.74, 6) is 0.984. The zero-order valence-corrected chi connectivity index (χ0v) is 8.86. The molecule has 42 valence electrons. The Morgan fingerprint density at radius 3 is 2.12 bits per heavy atom. The van der Waals surface area contributed by atoms with Gasteiger partial charge in [-0.05, 0) is 0 Å². The molecule has 0 heterocycles. The van der Waals surface area contributed by atoms with Crippen molar-refractivity contribution in [2.45, 2.75) is 0 Å². The fourth-order valence-electron chi connectivity index (χ4n) is 0.499. The number of hydrogen-bond acceptors (Lipinski definition) is 1. The van der Waals surface area contributed by atoms with Crippen molar-refractivity contribution in [3.8, 4) is 5.75 Å². The summed E-state index contributed by atoms with van der Waals surface area (Å²) in [5.41, 5.74) is 0. The number of rotatable bonds is 1. The standard InChI is InChI=1S/C6H6O.Bi.2H/c7-6-4-2-1-3-5-6;;;/h1-5,7H;;;/q;+1;;/p-1. The number of benzene rings is 1. The summed E-state index contributed by atoms with van der Waals surface area (Å²) >= 11 is 0.599. The molecule has 0 atom stereocenters. The Kier molecular flexibility index (Phi) is 2.29. The molecule has 0 saturated carbocycles. The van der Waals surface area contributed by atoms with Gasteiger partial charge in [0.1, 0.15) is 0 Å². The molecule has 2 heteroatoms. The molecule has 0 aromatic heterocycles. The third-order valence-corrected chi connectivity index (χ3v) is 1.94. The molecule has 1 aromatic rings. The summed E-state index contributed by atoms with van der Waals surface area (Å²) < 4.78 is 5.08. The van der Waals surface area contributed by atoms with Crippen LogP contribution in [-0.2, 0) is 0 Å². The minimum absolute atomic E-state index is 0.599. The zero-order valence-electron chi connectivity index (χ0n) is 4.37. The molecular weight excluding hydrogens is 297 g/mol. The van der Waals surface area contributed by atoms with Crippen LogP contribution in [0.15, 0.2) is 30.3 Å². The molecule has 0 unspecified atom stereocenters. The second-order valence-corrected chi connectivity index (χ2v) is 2.35. The van der Waals surface area contributed by atoms with E-state index in [2.05, 4.69) is 0 Å². The van der Waals surface area contributed by atoms with Gasteiger partial charge in [0.15, 0.2) is 0 Å². The summed E-state index contributed by atoms with van der Waals surface area (Å²) in [7, 11) is 0. The quantitative estimate of drug-likeness (QED) is 0.691. The third kappa shape index (κ3) is 1.45. The topological polar surface area (TPSA) is 9.23 Å². The molecule has 1 rings (SSSR count). The molecule has 1 aromatic carbocycles. The van der Waals surface area contributed by atoms with E-state index in [-0.39, 0.29) is 0 Å². The monoisotopic (exact) mass is 304 g/mol. The van der Waals surface area contributed by atoms with E-state index in [1.165, 1.54) is 0 Å². The van der Waals surface area contributed by atoms with Crippen LogP contribution in [0.4, 0.5) is 0 Å². The summed E-state index contributed by atoms with van der Waals surface area (Å²) in [6, 6.07) is 9.84. The minimum atomic E-state index is 0.599. The van der Waals surface area contributed by atoms with Crippen LogP contribution in [0, 0.1) is 0 Å². The van der Waals surface area contributed by atoms with Crippen LogP contribution in [0.3, 0.4) is 0 Å². The second-order valence-electron chi connectivity index (χ2n) is 1.43. The Hall–Kier alpha value is -0.0969. The fraction of sp³-hybridized carbons (Fsp3) is 0. The van der Waals surface area contributed by atoms with E-state index in [1.807, 2.05) is 30.3 Å². The van der Waals surface area contributed by atoms with Crippen LogP contribution in [0.25, 0.3) is 0 Å². The molecule has 0 bridgehead atoms. The molecular formula is C6H7BiO. The number of hydrogen-bond donors (Lipinski definition) is 0.